The third-order valence-corrected chi connectivity index (χ3v) is 2.11. The molecule has 0 aromatic rings. The van der Waals surface area contributed by atoms with E-state index in [4.69, 9.17) is 5.11 Å². The van der Waals surface area contributed by atoms with E-state index in [1.807, 2.05) is 6.92 Å². The number of unbranched alkanes of at least 4 members (excludes halogenated alkanes) is 1. The summed E-state index contributed by atoms with van der Waals surface area (Å²) in [6, 6.07) is -0.745. The lowest BCUT2D eigenvalue weighted by atomic mass is 10.1. The highest BCUT2D eigenvalue weighted by Crippen LogP contribution is 2.00. The normalized spacial score (nSPS) is 12.2. The second kappa shape index (κ2) is 6.88. The predicted octanol–water partition coefficient (Wildman–Crippen LogP) is 1.14. The molecule has 4 nitrogen and oxygen atoms in total. The van der Waals surface area contributed by atoms with Crippen LogP contribution in [0.2, 0.25) is 0 Å². The number of carbonyl (C=O) groups excluding carboxylic acids is 1. The van der Waals surface area contributed by atoms with E-state index in [0.29, 0.717) is 6.42 Å². The number of aliphatic carboxylic acids is 1. The Morgan fingerprint density at radius 1 is 1.54 bits per heavy atom. The number of carboxylic acid groups (broad SMARTS) is 1. The first-order valence-corrected chi connectivity index (χ1v) is 5.32. The van der Waals surface area contributed by atoms with Crippen molar-refractivity contribution in [3.05, 3.63) is 0 Å². The van der Waals surface area contributed by atoms with Gasteiger partial charge in [0, 0.05) is 0 Å². The molecule has 0 fully saturated rings. The maximum atomic E-state index is 10.9. The van der Waals surface area contributed by atoms with Gasteiger partial charge in [0.25, 0.3) is 0 Å². The first kappa shape index (κ1) is 12.4. The van der Waals surface area contributed by atoms with Gasteiger partial charge < -0.3 is 10.4 Å². The molecular weight excluding hydrogens is 238 g/mol. The van der Waals surface area contributed by atoms with Crippen molar-refractivity contribution in [2.24, 2.45) is 0 Å². The van der Waals surface area contributed by atoms with E-state index in [0.717, 1.165) is 12.8 Å². The van der Waals surface area contributed by atoms with Gasteiger partial charge in [0.05, 0.1) is 5.33 Å². The molecule has 0 spiro atoms. The molecule has 0 aromatic heterocycles. The lowest BCUT2D eigenvalue weighted by Gasteiger charge is -2.12. The first-order chi connectivity index (χ1) is 6.11. The molecule has 76 valence electrons. The number of carbonyl (C=O) groups is 2. The Morgan fingerprint density at radius 2 is 2.15 bits per heavy atom. The van der Waals surface area contributed by atoms with Crippen LogP contribution in [-0.4, -0.2) is 28.4 Å². The van der Waals surface area contributed by atoms with Crippen LogP contribution in [-0.2, 0) is 9.59 Å². The number of rotatable bonds is 6. The van der Waals surface area contributed by atoms with Crippen LogP contribution in [0.5, 0.6) is 0 Å². The zero-order chi connectivity index (χ0) is 10.3. The Balaban J connectivity index is 3.94. The molecule has 5 heteroatoms. The van der Waals surface area contributed by atoms with Crippen molar-refractivity contribution in [1.82, 2.24) is 5.32 Å². The molecule has 0 saturated heterocycles. The predicted molar refractivity (Wildman–Crippen MR) is 52.9 cm³/mol. The number of nitrogens with one attached hydrogen (secondary N) is 1. The average Bonchev–Trinajstić information content (AvgIpc) is 2.11. The summed E-state index contributed by atoms with van der Waals surface area (Å²) in [6.07, 6.45) is 2.22. The number of carboxylic acids is 1. The Bertz CT molecular complexity index is 184. The molecule has 0 saturated carbocycles. The highest BCUT2D eigenvalue weighted by molar-refractivity contribution is 9.09. The molecule has 0 aliphatic heterocycles. The molecule has 13 heavy (non-hydrogen) atoms. The van der Waals surface area contributed by atoms with Gasteiger partial charge in [-0.05, 0) is 6.42 Å². The van der Waals surface area contributed by atoms with Gasteiger partial charge in [-0.15, -0.1) is 0 Å². The quantitative estimate of drug-likeness (QED) is 0.696. The van der Waals surface area contributed by atoms with Crippen molar-refractivity contribution in [2.75, 3.05) is 5.33 Å². The monoisotopic (exact) mass is 251 g/mol. The van der Waals surface area contributed by atoms with Crippen molar-refractivity contribution in [1.29, 1.82) is 0 Å². The summed E-state index contributed by atoms with van der Waals surface area (Å²) in [7, 11) is 0. The lowest BCUT2D eigenvalue weighted by Crippen LogP contribution is -2.41. The molecule has 0 aliphatic carbocycles. The smallest absolute Gasteiger partial charge is 0.326 e. The molecule has 0 heterocycles. The van der Waals surface area contributed by atoms with Gasteiger partial charge in [-0.3, -0.25) is 4.79 Å². The molecule has 0 aromatic carbocycles. The van der Waals surface area contributed by atoms with E-state index in [2.05, 4.69) is 21.2 Å². The molecular formula is C8H14BrNO3. The van der Waals surface area contributed by atoms with E-state index < -0.39 is 12.0 Å². The highest BCUT2D eigenvalue weighted by Gasteiger charge is 2.17. The average molecular weight is 252 g/mol. The van der Waals surface area contributed by atoms with E-state index in [1.54, 1.807) is 0 Å². The fourth-order valence-electron chi connectivity index (χ4n) is 0.899. The van der Waals surface area contributed by atoms with E-state index in [1.165, 1.54) is 0 Å². The fraction of sp³-hybridized carbons (Fsp3) is 0.750. The minimum Gasteiger partial charge on any atom is -0.480 e. The number of hydrogen-bond acceptors (Lipinski definition) is 2. The van der Waals surface area contributed by atoms with Crippen molar-refractivity contribution < 1.29 is 14.7 Å². The summed E-state index contributed by atoms with van der Waals surface area (Å²) in [5, 5.41) is 11.3. The Morgan fingerprint density at radius 3 is 2.54 bits per heavy atom. The minimum absolute atomic E-state index is 0.142. The third kappa shape index (κ3) is 5.63. The van der Waals surface area contributed by atoms with E-state index >= 15 is 0 Å². The molecule has 1 unspecified atom stereocenters. The van der Waals surface area contributed by atoms with Crippen molar-refractivity contribution in [3.63, 3.8) is 0 Å². The van der Waals surface area contributed by atoms with Gasteiger partial charge in [0.2, 0.25) is 5.91 Å². The van der Waals surface area contributed by atoms with Crippen molar-refractivity contribution >= 4 is 27.8 Å². The molecule has 1 atom stereocenters. The molecule has 0 rings (SSSR count). The Labute approximate surface area is 85.8 Å². The SMILES string of the molecule is CCCCC(NC(=O)CBr)C(=O)O. The maximum absolute atomic E-state index is 10.9. The highest BCUT2D eigenvalue weighted by atomic mass is 79.9. The number of hydrogen-bond donors (Lipinski definition) is 2. The summed E-state index contributed by atoms with van der Waals surface area (Å²) >= 11 is 2.96. The van der Waals surface area contributed by atoms with Crippen molar-refractivity contribution in [2.45, 2.75) is 32.2 Å². The molecule has 2 N–H and O–H groups in total. The molecule has 0 radical (unpaired) electrons. The van der Waals surface area contributed by atoms with E-state index in [-0.39, 0.29) is 11.2 Å². The summed E-state index contributed by atoms with van der Waals surface area (Å²) < 4.78 is 0. The van der Waals surface area contributed by atoms with Crippen LogP contribution in [0.15, 0.2) is 0 Å². The van der Waals surface area contributed by atoms with Crippen LogP contribution in [0.1, 0.15) is 26.2 Å². The molecule has 1 amide bonds. The van der Waals surface area contributed by atoms with Gasteiger partial charge in [-0.2, -0.15) is 0 Å². The maximum Gasteiger partial charge on any atom is 0.326 e. The number of halogens is 1. The second-order valence-electron chi connectivity index (χ2n) is 2.73. The van der Waals surface area contributed by atoms with Gasteiger partial charge in [0.1, 0.15) is 6.04 Å². The number of alkyl halides is 1. The summed E-state index contributed by atoms with van der Waals surface area (Å²) in [5.74, 6) is -1.26. The molecule has 0 aliphatic rings. The summed E-state index contributed by atoms with van der Waals surface area (Å²) in [5.41, 5.74) is 0. The van der Waals surface area contributed by atoms with E-state index in [9.17, 15) is 9.59 Å². The van der Waals surface area contributed by atoms with Crippen molar-refractivity contribution in [3.8, 4) is 0 Å². The van der Waals surface area contributed by atoms with Crippen LogP contribution >= 0.6 is 15.9 Å². The summed E-state index contributed by atoms with van der Waals surface area (Å²) in [6.45, 7) is 1.98. The zero-order valence-corrected chi connectivity index (χ0v) is 9.13. The second-order valence-corrected chi connectivity index (χ2v) is 3.29. The first-order valence-electron chi connectivity index (χ1n) is 4.20. The van der Waals surface area contributed by atoms with Gasteiger partial charge in [-0.25, -0.2) is 4.79 Å². The molecule has 0 bridgehead atoms. The fourth-order valence-corrected chi connectivity index (χ4v) is 1.06. The summed E-state index contributed by atoms with van der Waals surface area (Å²) in [4.78, 5) is 21.5. The van der Waals surface area contributed by atoms with Gasteiger partial charge in [0.15, 0.2) is 0 Å². The Hall–Kier alpha value is -0.580. The minimum atomic E-state index is -0.970. The van der Waals surface area contributed by atoms with Gasteiger partial charge >= 0.3 is 5.97 Å². The third-order valence-electron chi connectivity index (χ3n) is 1.60. The zero-order valence-electron chi connectivity index (χ0n) is 7.55. The standard InChI is InChI=1S/C8H14BrNO3/c1-2-3-4-6(8(12)13)10-7(11)5-9/h6H,2-5H2,1H3,(H,10,11)(H,12,13). The largest absolute Gasteiger partial charge is 0.480 e. The topological polar surface area (TPSA) is 66.4 Å². The van der Waals surface area contributed by atoms with Gasteiger partial charge in [-0.1, -0.05) is 35.7 Å². The van der Waals surface area contributed by atoms with Crippen LogP contribution in [0.25, 0.3) is 0 Å². The van der Waals surface area contributed by atoms with Crippen LogP contribution < -0.4 is 5.32 Å². The number of amides is 1. The van der Waals surface area contributed by atoms with Crippen LogP contribution in [0, 0.1) is 0 Å². The Kier molecular flexibility index (Phi) is 6.58. The van der Waals surface area contributed by atoms with Crippen LogP contribution in [0.3, 0.4) is 0 Å². The lowest BCUT2D eigenvalue weighted by molar-refractivity contribution is -0.141. The van der Waals surface area contributed by atoms with Crippen LogP contribution in [0.4, 0.5) is 0 Å².